The van der Waals surface area contributed by atoms with Crippen LogP contribution in [0.25, 0.3) is 17.3 Å². The summed E-state index contributed by atoms with van der Waals surface area (Å²) in [5, 5.41) is 5.60. The number of pyridine rings is 1. The number of benzene rings is 1. The van der Waals surface area contributed by atoms with Gasteiger partial charge in [0, 0.05) is 30.8 Å². The van der Waals surface area contributed by atoms with Crippen molar-refractivity contribution in [1.29, 1.82) is 0 Å². The molecular weight excluding hydrogens is 502 g/mol. The van der Waals surface area contributed by atoms with Gasteiger partial charge in [0.15, 0.2) is 11.5 Å². The van der Waals surface area contributed by atoms with E-state index in [-0.39, 0.29) is 17.9 Å². The molecule has 1 aliphatic carbocycles. The molecule has 0 spiro atoms. The summed E-state index contributed by atoms with van der Waals surface area (Å²) in [5.74, 6) is 2.45. The van der Waals surface area contributed by atoms with Crippen LogP contribution in [0.3, 0.4) is 0 Å². The molecule has 3 aromatic rings. The van der Waals surface area contributed by atoms with Gasteiger partial charge in [-0.1, -0.05) is 6.07 Å². The molecule has 6 rings (SSSR count). The Kier molecular flexibility index (Phi) is 7.06. The number of ether oxygens (including phenoxy) is 2. The number of fused-ring (bicyclic) bond motifs is 1. The number of imide groups is 1. The van der Waals surface area contributed by atoms with Crippen LogP contribution in [-0.2, 0) is 17.8 Å². The Morgan fingerprint density at radius 3 is 2.74 bits per heavy atom. The molecule has 4 heterocycles. The van der Waals surface area contributed by atoms with Crippen molar-refractivity contribution in [3.63, 3.8) is 0 Å². The van der Waals surface area contributed by atoms with E-state index in [0.29, 0.717) is 22.6 Å². The van der Waals surface area contributed by atoms with Gasteiger partial charge in [-0.25, -0.2) is 9.97 Å². The Hall–Kier alpha value is -3.76. The first-order chi connectivity index (χ1) is 18.6. The average molecular weight is 530 g/mol. The Morgan fingerprint density at radius 2 is 1.89 bits per heavy atom. The maximum Gasteiger partial charge on any atom is 0.290 e. The van der Waals surface area contributed by atoms with E-state index in [2.05, 4.69) is 26.7 Å². The molecule has 2 N–H and O–H groups in total. The van der Waals surface area contributed by atoms with Crippen molar-refractivity contribution < 1.29 is 19.1 Å². The lowest BCUT2D eigenvalue weighted by Gasteiger charge is -2.29. The van der Waals surface area contributed by atoms with Crippen LogP contribution in [0.5, 0.6) is 11.5 Å². The van der Waals surface area contributed by atoms with E-state index in [9.17, 15) is 9.59 Å². The number of carbonyl (C=O) groups excluding carboxylic acids is 2. The molecule has 3 aliphatic rings. The number of aromatic nitrogens is 3. The van der Waals surface area contributed by atoms with Gasteiger partial charge in [-0.3, -0.25) is 19.9 Å². The summed E-state index contributed by atoms with van der Waals surface area (Å²) in [5.41, 5.74) is 3.59. The smallest absolute Gasteiger partial charge is 0.290 e. The molecule has 9 nitrogen and oxygen atoms in total. The lowest BCUT2D eigenvalue weighted by molar-refractivity contribution is -0.115. The van der Waals surface area contributed by atoms with Gasteiger partial charge in [0.2, 0.25) is 6.79 Å². The first kappa shape index (κ1) is 24.6. The second kappa shape index (κ2) is 10.9. The molecule has 2 aromatic heterocycles. The first-order valence-corrected chi connectivity index (χ1v) is 13.6. The number of carbonyl (C=O) groups is 2. The molecule has 38 heavy (non-hydrogen) atoms. The Labute approximate surface area is 224 Å². The number of rotatable bonds is 7. The van der Waals surface area contributed by atoms with Gasteiger partial charge < -0.3 is 14.8 Å². The number of hydrogen-bond acceptors (Lipinski definition) is 9. The zero-order valence-electron chi connectivity index (χ0n) is 20.7. The second-order valence-electron chi connectivity index (χ2n) is 9.63. The predicted octanol–water partition coefficient (Wildman–Crippen LogP) is 4.48. The fourth-order valence-electron chi connectivity index (χ4n) is 5.02. The van der Waals surface area contributed by atoms with Crippen molar-refractivity contribution in [3.05, 3.63) is 70.8 Å². The van der Waals surface area contributed by atoms with Gasteiger partial charge in [0.1, 0.15) is 5.82 Å². The van der Waals surface area contributed by atoms with Gasteiger partial charge >= 0.3 is 0 Å². The minimum atomic E-state index is -0.374. The van der Waals surface area contributed by atoms with Crippen LogP contribution in [0.15, 0.2) is 53.6 Å². The molecule has 194 valence electrons. The third-order valence-electron chi connectivity index (χ3n) is 7.01. The van der Waals surface area contributed by atoms with Crippen molar-refractivity contribution in [2.45, 2.75) is 44.7 Å². The van der Waals surface area contributed by atoms with Gasteiger partial charge in [-0.15, -0.1) is 0 Å². The largest absolute Gasteiger partial charge is 0.454 e. The van der Waals surface area contributed by atoms with E-state index in [1.165, 1.54) is 0 Å². The summed E-state index contributed by atoms with van der Waals surface area (Å²) < 4.78 is 10.9. The number of hydrogen-bond donors (Lipinski definition) is 2. The van der Waals surface area contributed by atoms with E-state index in [4.69, 9.17) is 14.5 Å². The molecule has 0 atom stereocenters. The highest BCUT2D eigenvalue weighted by Gasteiger charge is 2.26. The highest BCUT2D eigenvalue weighted by atomic mass is 32.2. The summed E-state index contributed by atoms with van der Waals surface area (Å²) in [6.45, 7) is 0.986. The molecule has 0 radical (unpaired) electrons. The van der Waals surface area contributed by atoms with E-state index in [1.807, 2.05) is 30.3 Å². The van der Waals surface area contributed by atoms with Crippen LogP contribution in [0.4, 0.5) is 4.79 Å². The van der Waals surface area contributed by atoms with E-state index < -0.39 is 0 Å². The topological polar surface area (TPSA) is 115 Å². The number of nitrogens with one attached hydrogen (secondary N) is 2. The molecule has 0 bridgehead atoms. The van der Waals surface area contributed by atoms with E-state index >= 15 is 0 Å². The molecule has 0 unspecified atom stereocenters. The van der Waals surface area contributed by atoms with Crippen molar-refractivity contribution >= 4 is 29.0 Å². The fourth-order valence-corrected chi connectivity index (χ4v) is 5.69. The highest BCUT2D eigenvalue weighted by molar-refractivity contribution is 8.18. The van der Waals surface area contributed by atoms with Gasteiger partial charge in [-0.05, 0) is 85.8 Å². The SMILES string of the molecule is O=C1NC(=O)/C(=C/c2ccnc(CC3CCC(NCc4cccc(-c5ccc6c(c5)OCO6)n4)CC3)n2)S1. The van der Waals surface area contributed by atoms with Crippen LogP contribution in [0.2, 0.25) is 0 Å². The third-order valence-corrected chi connectivity index (χ3v) is 7.82. The van der Waals surface area contributed by atoms with Crippen LogP contribution >= 0.6 is 11.8 Å². The molecule has 2 amide bonds. The highest BCUT2D eigenvalue weighted by Crippen LogP contribution is 2.35. The second-order valence-corrected chi connectivity index (χ2v) is 10.6. The molecule has 1 saturated heterocycles. The minimum absolute atomic E-state index is 0.262. The zero-order valence-corrected chi connectivity index (χ0v) is 21.5. The van der Waals surface area contributed by atoms with Crippen LogP contribution in [0.1, 0.15) is 42.9 Å². The van der Waals surface area contributed by atoms with Crippen molar-refractivity contribution in [3.8, 4) is 22.8 Å². The summed E-state index contributed by atoms with van der Waals surface area (Å²) in [6, 6.07) is 14.2. The fraction of sp³-hybridized carbons (Fsp3) is 0.321. The lowest BCUT2D eigenvalue weighted by Crippen LogP contribution is -2.33. The average Bonchev–Trinajstić information content (AvgIpc) is 3.53. The molecular formula is C28H27N5O4S. The van der Waals surface area contributed by atoms with Crippen LogP contribution < -0.4 is 20.1 Å². The Balaban J connectivity index is 1.00. The maximum absolute atomic E-state index is 11.8. The lowest BCUT2D eigenvalue weighted by atomic mass is 9.84. The Bertz CT molecular complexity index is 1400. The monoisotopic (exact) mass is 529 g/mol. The van der Waals surface area contributed by atoms with Gasteiger partial charge in [0.05, 0.1) is 22.0 Å². The normalized spacial score (nSPS) is 21.6. The zero-order chi connectivity index (χ0) is 25.9. The molecule has 2 aliphatic heterocycles. The summed E-state index contributed by atoms with van der Waals surface area (Å²) >= 11 is 0.897. The molecule has 1 aromatic carbocycles. The van der Waals surface area contributed by atoms with Gasteiger partial charge in [-0.2, -0.15) is 0 Å². The van der Waals surface area contributed by atoms with Gasteiger partial charge in [0.25, 0.3) is 11.1 Å². The van der Waals surface area contributed by atoms with Crippen LogP contribution in [-0.4, -0.2) is 38.9 Å². The minimum Gasteiger partial charge on any atom is -0.454 e. The summed E-state index contributed by atoms with van der Waals surface area (Å²) in [7, 11) is 0. The summed E-state index contributed by atoms with van der Waals surface area (Å²) in [4.78, 5) is 37.4. The quantitative estimate of drug-likeness (QED) is 0.427. The van der Waals surface area contributed by atoms with Crippen molar-refractivity contribution in [2.75, 3.05) is 6.79 Å². The molecule has 2 fully saturated rings. The third kappa shape index (κ3) is 5.71. The van der Waals surface area contributed by atoms with Crippen molar-refractivity contribution in [1.82, 2.24) is 25.6 Å². The standard InChI is InChI=1S/C28H27N5O4S/c34-27-25(38-28(35)33-27)14-20-10-11-29-26(32-20)12-17-4-7-19(8-5-17)30-15-21-2-1-3-22(31-21)18-6-9-23-24(13-18)37-16-36-23/h1-3,6,9-11,13-14,17,19,30H,4-5,7-8,12,15-16H2,(H,33,34,35)/b25-14-. The number of thioether (sulfide) groups is 1. The molecule has 1 saturated carbocycles. The Morgan fingerprint density at radius 1 is 1.03 bits per heavy atom. The maximum atomic E-state index is 11.8. The van der Waals surface area contributed by atoms with E-state index in [0.717, 1.165) is 84.7 Å². The molecule has 10 heteroatoms. The number of amides is 2. The number of nitrogens with zero attached hydrogens (tertiary/aromatic N) is 3. The predicted molar refractivity (Wildman–Crippen MR) is 143 cm³/mol. The first-order valence-electron chi connectivity index (χ1n) is 12.8. The van der Waals surface area contributed by atoms with E-state index in [1.54, 1.807) is 18.3 Å². The van der Waals surface area contributed by atoms with Crippen LogP contribution in [0, 0.1) is 5.92 Å². The van der Waals surface area contributed by atoms with Crippen molar-refractivity contribution in [2.24, 2.45) is 5.92 Å². The summed E-state index contributed by atoms with van der Waals surface area (Å²) in [6.07, 6.45) is 8.55.